The van der Waals surface area contributed by atoms with Crippen molar-refractivity contribution in [2.45, 2.75) is 78.1 Å². The highest BCUT2D eigenvalue weighted by atomic mass is 16.4. The number of carbonyl (C=O) groups is 1. The monoisotopic (exact) mass is 408 g/mol. The van der Waals surface area contributed by atoms with Gasteiger partial charge in [0.25, 0.3) is 0 Å². The van der Waals surface area contributed by atoms with Gasteiger partial charge in [-0.25, -0.2) is 4.79 Å². The van der Waals surface area contributed by atoms with Gasteiger partial charge >= 0.3 is 5.97 Å². The van der Waals surface area contributed by atoms with Gasteiger partial charge in [-0.2, -0.15) is 0 Å². The maximum Gasteiger partial charge on any atom is 0.335 e. The Labute approximate surface area is 181 Å². The summed E-state index contributed by atoms with van der Waals surface area (Å²) in [5.74, 6) is 0.767. The standard InChI is InChI=1S/C20H30O.C7H6O2/c1-13(2)15-11-14-7-8-18-19(3,4)9-6-10-20(18,5)16(14)12-17(15)21;8-7(9)6-4-2-1-3-5-6/h11-13,18,21H,6-10H2,1-5H3;1-5H,(H,8,9)/t18-,20+;/m0./s1. The molecule has 2 aromatic rings. The van der Waals surface area contributed by atoms with Gasteiger partial charge in [-0.15, -0.1) is 0 Å². The van der Waals surface area contributed by atoms with Crippen LogP contribution in [-0.2, 0) is 11.8 Å². The minimum atomic E-state index is -0.879. The van der Waals surface area contributed by atoms with Gasteiger partial charge in [0, 0.05) is 0 Å². The number of benzene rings is 2. The summed E-state index contributed by atoms with van der Waals surface area (Å²) in [5, 5.41) is 18.9. The van der Waals surface area contributed by atoms with Gasteiger partial charge in [-0.3, -0.25) is 0 Å². The first-order chi connectivity index (χ1) is 14.1. The van der Waals surface area contributed by atoms with Crippen LogP contribution in [0.4, 0.5) is 0 Å². The summed E-state index contributed by atoms with van der Waals surface area (Å²) in [6, 6.07) is 12.7. The van der Waals surface area contributed by atoms with Crippen molar-refractivity contribution in [3.8, 4) is 5.75 Å². The SMILES string of the molecule is CC(C)c1cc2c(cc1O)[C@@]1(C)CCCC(C)(C)[C@@H]1CC2.O=C(O)c1ccccc1. The predicted octanol–water partition coefficient (Wildman–Crippen LogP) is 6.93. The van der Waals surface area contributed by atoms with Crippen molar-refractivity contribution < 1.29 is 15.0 Å². The molecule has 0 saturated heterocycles. The lowest BCUT2D eigenvalue weighted by molar-refractivity contribution is 0.0405. The number of phenols is 1. The zero-order valence-electron chi connectivity index (χ0n) is 19.0. The van der Waals surface area contributed by atoms with E-state index in [1.54, 1.807) is 30.3 Å². The molecule has 2 atom stereocenters. The van der Waals surface area contributed by atoms with E-state index in [9.17, 15) is 9.90 Å². The Hall–Kier alpha value is -2.29. The Morgan fingerprint density at radius 3 is 2.30 bits per heavy atom. The highest BCUT2D eigenvalue weighted by Crippen LogP contribution is 2.57. The van der Waals surface area contributed by atoms with Crippen LogP contribution in [0.3, 0.4) is 0 Å². The number of fused-ring (bicyclic) bond motifs is 3. The quantitative estimate of drug-likeness (QED) is 0.566. The van der Waals surface area contributed by atoms with Crippen molar-refractivity contribution in [2.75, 3.05) is 0 Å². The van der Waals surface area contributed by atoms with E-state index in [1.165, 1.54) is 43.2 Å². The van der Waals surface area contributed by atoms with Crippen molar-refractivity contribution in [1.29, 1.82) is 0 Å². The van der Waals surface area contributed by atoms with Crippen molar-refractivity contribution >= 4 is 5.97 Å². The molecule has 3 nitrogen and oxygen atoms in total. The van der Waals surface area contributed by atoms with E-state index in [-0.39, 0.29) is 5.41 Å². The van der Waals surface area contributed by atoms with Crippen LogP contribution in [-0.4, -0.2) is 16.2 Å². The van der Waals surface area contributed by atoms with Gasteiger partial charge in [0.05, 0.1) is 5.56 Å². The van der Waals surface area contributed by atoms with Crippen LogP contribution in [0, 0.1) is 11.3 Å². The Kier molecular flexibility index (Phi) is 6.31. The van der Waals surface area contributed by atoms with Crippen LogP contribution in [0.1, 0.15) is 93.3 Å². The molecule has 0 radical (unpaired) electrons. The van der Waals surface area contributed by atoms with E-state index >= 15 is 0 Å². The number of carboxylic acid groups (broad SMARTS) is 1. The van der Waals surface area contributed by atoms with Gasteiger partial charge in [-0.1, -0.05) is 65.3 Å². The normalized spacial score (nSPS) is 24.3. The molecule has 2 N–H and O–H groups in total. The average molecular weight is 409 g/mol. The molecule has 162 valence electrons. The topological polar surface area (TPSA) is 57.5 Å². The lowest BCUT2D eigenvalue weighted by Gasteiger charge is -2.54. The molecular weight excluding hydrogens is 372 g/mol. The third-order valence-corrected chi connectivity index (χ3v) is 7.44. The maximum atomic E-state index is 10.5. The first-order valence-electron chi connectivity index (χ1n) is 11.2. The van der Waals surface area contributed by atoms with Crippen LogP contribution in [0.5, 0.6) is 5.75 Å². The van der Waals surface area contributed by atoms with Crippen molar-refractivity contribution in [3.63, 3.8) is 0 Å². The molecule has 2 aliphatic carbocycles. The fraction of sp³-hybridized carbons (Fsp3) is 0.519. The lowest BCUT2D eigenvalue weighted by atomic mass is 9.50. The first-order valence-corrected chi connectivity index (χ1v) is 11.2. The molecule has 0 bridgehead atoms. The molecule has 30 heavy (non-hydrogen) atoms. The minimum absolute atomic E-state index is 0.252. The Morgan fingerprint density at radius 2 is 1.73 bits per heavy atom. The van der Waals surface area contributed by atoms with Crippen LogP contribution in [0.25, 0.3) is 0 Å². The van der Waals surface area contributed by atoms with E-state index < -0.39 is 5.97 Å². The third kappa shape index (κ3) is 4.26. The molecule has 2 aromatic carbocycles. The Bertz CT molecular complexity index is 898. The zero-order chi connectivity index (χ0) is 22.1. The van der Waals surface area contributed by atoms with Crippen molar-refractivity contribution in [2.24, 2.45) is 11.3 Å². The Morgan fingerprint density at radius 1 is 1.07 bits per heavy atom. The van der Waals surface area contributed by atoms with Gasteiger partial charge in [0.1, 0.15) is 5.75 Å². The number of aryl methyl sites for hydroxylation is 1. The summed E-state index contributed by atoms with van der Waals surface area (Å²) >= 11 is 0. The molecule has 4 rings (SSSR count). The predicted molar refractivity (Wildman–Crippen MR) is 122 cm³/mol. The van der Waals surface area contributed by atoms with Crippen molar-refractivity contribution in [3.05, 3.63) is 64.7 Å². The Balaban J connectivity index is 0.000000239. The number of aromatic hydroxyl groups is 1. The van der Waals surface area contributed by atoms with Crippen LogP contribution < -0.4 is 0 Å². The molecule has 2 aliphatic rings. The van der Waals surface area contributed by atoms with Crippen LogP contribution in [0.2, 0.25) is 0 Å². The zero-order valence-corrected chi connectivity index (χ0v) is 19.0. The highest BCUT2D eigenvalue weighted by Gasteiger charge is 2.49. The number of hydrogen-bond donors (Lipinski definition) is 2. The molecule has 3 heteroatoms. The summed E-state index contributed by atoms with van der Waals surface area (Å²) in [4.78, 5) is 10.2. The lowest BCUT2D eigenvalue weighted by Crippen LogP contribution is -2.47. The van der Waals surface area contributed by atoms with E-state index in [0.717, 1.165) is 11.5 Å². The molecule has 0 aromatic heterocycles. The summed E-state index contributed by atoms with van der Waals surface area (Å²) in [6.45, 7) is 11.7. The summed E-state index contributed by atoms with van der Waals surface area (Å²) in [6.07, 6.45) is 6.41. The van der Waals surface area contributed by atoms with E-state index in [0.29, 0.717) is 22.6 Å². The molecule has 1 saturated carbocycles. The molecule has 0 aliphatic heterocycles. The van der Waals surface area contributed by atoms with Gasteiger partial charge in [-0.05, 0) is 83.2 Å². The molecule has 0 heterocycles. The van der Waals surface area contributed by atoms with E-state index in [1.807, 2.05) is 0 Å². The number of phenolic OH excluding ortho intramolecular Hbond substituents is 1. The molecule has 0 unspecified atom stereocenters. The molecule has 0 spiro atoms. The fourth-order valence-electron chi connectivity index (χ4n) is 5.89. The fourth-order valence-corrected chi connectivity index (χ4v) is 5.89. The summed E-state index contributed by atoms with van der Waals surface area (Å²) in [7, 11) is 0. The van der Waals surface area contributed by atoms with Gasteiger partial charge in [0.2, 0.25) is 0 Å². The second-order valence-electron chi connectivity index (χ2n) is 10.2. The maximum absolute atomic E-state index is 10.5. The summed E-state index contributed by atoms with van der Waals surface area (Å²) in [5.41, 5.74) is 5.06. The molecule has 1 fully saturated rings. The molecular formula is C27H36O3. The number of hydrogen-bond acceptors (Lipinski definition) is 2. The van der Waals surface area contributed by atoms with Gasteiger partial charge < -0.3 is 10.2 Å². The first kappa shape index (κ1) is 22.4. The summed E-state index contributed by atoms with van der Waals surface area (Å²) < 4.78 is 0. The average Bonchev–Trinajstić information content (AvgIpc) is 2.68. The number of carboxylic acids is 1. The van der Waals surface area contributed by atoms with Crippen molar-refractivity contribution in [1.82, 2.24) is 0 Å². The largest absolute Gasteiger partial charge is 0.508 e. The van der Waals surface area contributed by atoms with Crippen LogP contribution in [0.15, 0.2) is 42.5 Å². The second-order valence-corrected chi connectivity index (χ2v) is 10.2. The van der Waals surface area contributed by atoms with Gasteiger partial charge in [0.15, 0.2) is 0 Å². The third-order valence-electron chi connectivity index (χ3n) is 7.44. The highest BCUT2D eigenvalue weighted by molar-refractivity contribution is 5.87. The minimum Gasteiger partial charge on any atom is -0.508 e. The molecule has 0 amide bonds. The second kappa shape index (κ2) is 8.45. The number of rotatable bonds is 2. The smallest absolute Gasteiger partial charge is 0.335 e. The number of aromatic carboxylic acids is 1. The van der Waals surface area contributed by atoms with Crippen LogP contribution >= 0.6 is 0 Å². The van der Waals surface area contributed by atoms with E-state index in [2.05, 4.69) is 46.8 Å². The van der Waals surface area contributed by atoms with E-state index in [4.69, 9.17) is 5.11 Å².